The first-order valence-corrected chi connectivity index (χ1v) is 7.68. The van der Waals surface area contributed by atoms with E-state index in [0.29, 0.717) is 24.2 Å². The third kappa shape index (κ3) is 2.82. The number of carbonyl (C=O) groups excluding carboxylic acids is 2. The average Bonchev–Trinajstić information content (AvgIpc) is 2.59. The van der Waals surface area contributed by atoms with Gasteiger partial charge in [0.15, 0.2) is 5.78 Å². The van der Waals surface area contributed by atoms with Crippen LogP contribution in [0, 0.1) is 6.92 Å². The van der Waals surface area contributed by atoms with Crippen molar-refractivity contribution in [2.75, 3.05) is 13.7 Å². The van der Waals surface area contributed by atoms with E-state index >= 15 is 0 Å². The van der Waals surface area contributed by atoms with Gasteiger partial charge in [-0.05, 0) is 37.5 Å². The normalized spacial score (nSPS) is 13.4. The van der Waals surface area contributed by atoms with Gasteiger partial charge < -0.3 is 15.2 Å². The van der Waals surface area contributed by atoms with Crippen LogP contribution in [0.2, 0.25) is 0 Å². The summed E-state index contributed by atoms with van der Waals surface area (Å²) < 4.78 is 5.13. The highest BCUT2D eigenvalue weighted by Gasteiger charge is 2.31. The van der Waals surface area contributed by atoms with E-state index in [0.717, 1.165) is 11.3 Å². The van der Waals surface area contributed by atoms with Crippen LogP contribution in [0.3, 0.4) is 0 Å². The van der Waals surface area contributed by atoms with Gasteiger partial charge in [0.25, 0.3) is 5.91 Å². The molecule has 2 heterocycles. The van der Waals surface area contributed by atoms with Crippen molar-refractivity contribution in [3.63, 3.8) is 0 Å². The highest BCUT2D eigenvalue weighted by Crippen LogP contribution is 2.29. The van der Waals surface area contributed by atoms with Crippen molar-refractivity contribution in [3.05, 3.63) is 52.3 Å². The molecule has 1 aliphatic rings. The second kappa shape index (κ2) is 6.31. The third-order valence-electron chi connectivity index (χ3n) is 4.15. The second-order valence-corrected chi connectivity index (χ2v) is 5.70. The number of amides is 1. The monoisotopic (exact) mass is 326 g/mol. The zero-order chi connectivity index (χ0) is 17.3. The fourth-order valence-corrected chi connectivity index (χ4v) is 2.84. The zero-order valence-corrected chi connectivity index (χ0v) is 13.5. The number of aromatic nitrogens is 1. The first kappa shape index (κ1) is 16.0. The summed E-state index contributed by atoms with van der Waals surface area (Å²) in [4.78, 5) is 28.6. The molecule has 24 heavy (non-hydrogen) atoms. The Morgan fingerprint density at radius 2 is 1.88 bits per heavy atom. The number of hydrogen-bond acceptors (Lipinski definition) is 5. The molecule has 3 rings (SSSR count). The number of nitrogens with zero attached hydrogens (tertiary/aromatic N) is 1. The summed E-state index contributed by atoms with van der Waals surface area (Å²) in [6, 6.07) is 7.64. The van der Waals surface area contributed by atoms with Gasteiger partial charge in [-0.3, -0.25) is 14.6 Å². The molecule has 6 nitrogen and oxygen atoms in total. The number of ether oxygens (including phenoxy) is 1. The van der Waals surface area contributed by atoms with Crippen LogP contribution in [0.15, 0.2) is 24.3 Å². The average molecular weight is 326 g/mol. The molecule has 0 atom stereocenters. The molecule has 0 saturated carbocycles. The highest BCUT2D eigenvalue weighted by molar-refractivity contribution is 6.15. The van der Waals surface area contributed by atoms with Gasteiger partial charge in [-0.25, -0.2) is 0 Å². The number of fused-ring (bicyclic) bond motifs is 1. The van der Waals surface area contributed by atoms with Gasteiger partial charge >= 0.3 is 0 Å². The molecule has 124 valence electrons. The number of aromatic hydroxyl groups is 1. The number of aryl methyl sites for hydroxylation is 3. The molecular formula is C18H18N2O4. The molecule has 0 spiro atoms. The van der Waals surface area contributed by atoms with Crippen LogP contribution < -0.4 is 10.1 Å². The van der Waals surface area contributed by atoms with E-state index in [1.54, 1.807) is 14.0 Å². The fourth-order valence-electron chi connectivity index (χ4n) is 2.84. The molecular weight excluding hydrogens is 308 g/mol. The number of carbonyl (C=O) groups is 2. The summed E-state index contributed by atoms with van der Waals surface area (Å²) in [6.07, 6.45) is 1.16. The standard InChI is InChI=1S/C18H18N2O4/c1-10-17(22)16-14(21)9-19-18(23)15(16)13(20-10)8-5-11-3-6-12(24-2)7-4-11/h3-4,6-7,22H,5,8-9H2,1-2H3,(H,19,23). The number of pyridine rings is 1. The van der Waals surface area contributed by atoms with E-state index in [2.05, 4.69) is 10.3 Å². The topological polar surface area (TPSA) is 88.5 Å². The van der Waals surface area contributed by atoms with Crippen LogP contribution in [-0.4, -0.2) is 35.4 Å². The summed E-state index contributed by atoms with van der Waals surface area (Å²) in [7, 11) is 1.61. The summed E-state index contributed by atoms with van der Waals surface area (Å²) in [5, 5.41) is 12.7. The Bertz CT molecular complexity index is 813. The van der Waals surface area contributed by atoms with Gasteiger partial charge in [0.2, 0.25) is 0 Å². The summed E-state index contributed by atoms with van der Waals surface area (Å²) in [6.45, 7) is 1.53. The lowest BCUT2D eigenvalue weighted by atomic mass is 9.93. The Kier molecular flexibility index (Phi) is 4.20. The van der Waals surface area contributed by atoms with Gasteiger partial charge in [-0.2, -0.15) is 0 Å². The summed E-state index contributed by atoms with van der Waals surface area (Å²) >= 11 is 0. The minimum atomic E-state index is -0.364. The van der Waals surface area contributed by atoms with E-state index in [9.17, 15) is 14.7 Å². The number of ketones is 1. The molecule has 1 aromatic carbocycles. The Morgan fingerprint density at radius 1 is 1.17 bits per heavy atom. The lowest BCUT2D eigenvalue weighted by Crippen LogP contribution is -2.38. The van der Waals surface area contributed by atoms with Crippen molar-refractivity contribution in [2.45, 2.75) is 19.8 Å². The van der Waals surface area contributed by atoms with Crippen LogP contribution in [0.5, 0.6) is 11.5 Å². The van der Waals surface area contributed by atoms with E-state index in [-0.39, 0.29) is 35.1 Å². The van der Waals surface area contributed by atoms with Gasteiger partial charge in [0.1, 0.15) is 11.5 Å². The van der Waals surface area contributed by atoms with Crippen molar-refractivity contribution < 1.29 is 19.4 Å². The van der Waals surface area contributed by atoms with Crippen LogP contribution >= 0.6 is 0 Å². The van der Waals surface area contributed by atoms with Crippen LogP contribution in [0.4, 0.5) is 0 Å². The number of rotatable bonds is 4. The Hall–Kier alpha value is -2.89. The molecule has 0 unspecified atom stereocenters. The SMILES string of the molecule is COc1ccc(CCc2nc(C)c(O)c3c2C(=O)NCC3=O)cc1. The van der Waals surface area contributed by atoms with Crippen LogP contribution in [0.25, 0.3) is 0 Å². The van der Waals surface area contributed by atoms with E-state index < -0.39 is 0 Å². The van der Waals surface area contributed by atoms with Gasteiger partial charge in [-0.15, -0.1) is 0 Å². The van der Waals surface area contributed by atoms with Gasteiger partial charge in [0, 0.05) is 0 Å². The Balaban J connectivity index is 1.93. The molecule has 6 heteroatoms. The molecule has 1 aromatic heterocycles. The molecule has 2 N–H and O–H groups in total. The van der Waals surface area contributed by atoms with Crippen molar-refractivity contribution >= 4 is 11.7 Å². The van der Waals surface area contributed by atoms with Crippen molar-refractivity contribution in [2.24, 2.45) is 0 Å². The maximum Gasteiger partial charge on any atom is 0.254 e. The minimum Gasteiger partial charge on any atom is -0.505 e. The fraction of sp³-hybridized carbons (Fsp3) is 0.278. The zero-order valence-electron chi connectivity index (χ0n) is 13.5. The molecule has 0 bridgehead atoms. The number of methoxy groups -OCH3 is 1. The first-order chi connectivity index (χ1) is 11.5. The van der Waals surface area contributed by atoms with E-state index in [1.165, 1.54) is 0 Å². The van der Waals surface area contributed by atoms with Gasteiger partial charge in [0.05, 0.1) is 36.2 Å². The predicted molar refractivity (Wildman–Crippen MR) is 87.7 cm³/mol. The smallest absolute Gasteiger partial charge is 0.254 e. The Labute approximate surface area is 139 Å². The van der Waals surface area contributed by atoms with Crippen LogP contribution in [0.1, 0.15) is 37.7 Å². The van der Waals surface area contributed by atoms with Crippen LogP contribution in [-0.2, 0) is 12.8 Å². The number of hydrogen-bond donors (Lipinski definition) is 2. The molecule has 0 radical (unpaired) electrons. The Morgan fingerprint density at radius 3 is 2.54 bits per heavy atom. The lowest BCUT2D eigenvalue weighted by molar-refractivity contribution is 0.0873. The van der Waals surface area contributed by atoms with E-state index in [4.69, 9.17) is 4.74 Å². The number of nitrogens with one attached hydrogen (secondary N) is 1. The minimum absolute atomic E-state index is 0.0935. The molecule has 0 aliphatic carbocycles. The lowest BCUT2D eigenvalue weighted by Gasteiger charge is -2.20. The maximum atomic E-state index is 12.2. The number of Topliss-reactive ketones (excluding diaryl/α,β-unsaturated/α-hetero) is 1. The largest absolute Gasteiger partial charge is 0.505 e. The molecule has 2 aromatic rings. The molecule has 1 amide bonds. The first-order valence-electron chi connectivity index (χ1n) is 7.68. The van der Waals surface area contributed by atoms with Crippen molar-refractivity contribution in [1.29, 1.82) is 0 Å². The quantitative estimate of drug-likeness (QED) is 0.894. The molecule has 0 fully saturated rings. The van der Waals surface area contributed by atoms with Crippen molar-refractivity contribution in [3.8, 4) is 11.5 Å². The second-order valence-electron chi connectivity index (χ2n) is 5.70. The van der Waals surface area contributed by atoms with E-state index in [1.807, 2.05) is 24.3 Å². The third-order valence-corrected chi connectivity index (χ3v) is 4.15. The predicted octanol–water partition coefficient (Wildman–Crippen LogP) is 1.82. The van der Waals surface area contributed by atoms with Crippen molar-refractivity contribution in [1.82, 2.24) is 10.3 Å². The number of benzene rings is 1. The highest BCUT2D eigenvalue weighted by atomic mass is 16.5. The summed E-state index contributed by atoms with van der Waals surface area (Å²) in [5.74, 6) is -0.0758. The molecule has 1 aliphatic heterocycles. The summed E-state index contributed by atoms with van der Waals surface area (Å²) in [5.41, 5.74) is 2.25. The molecule has 0 saturated heterocycles. The maximum absolute atomic E-state index is 12.2. The van der Waals surface area contributed by atoms with Gasteiger partial charge in [-0.1, -0.05) is 12.1 Å².